The maximum Gasteiger partial charge on any atom is 0.274 e. The molecule has 0 heterocycles. The van der Waals surface area contributed by atoms with Gasteiger partial charge in [-0.25, -0.2) is 14.2 Å². The Bertz CT molecular complexity index is 674. The molecule has 0 aliphatic rings. The van der Waals surface area contributed by atoms with E-state index in [0.717, 1.165) is 6.21 Å². The molecule has 1 amide bonds. The van der Waals surface area contributed by atoms with E-state index >= 15 is 0 Å². The van der Waals surface area contributed by atoms with Crippen LogP contribution in [0.4, 0.5) is 8.78 Å². The second-order valence-corrected chi connectivity index (χ2v) is 4.76. The lowest BCUT2D eigenvalue weighted by Gasteiger charge is -2.01. The van der Waals surface area contributed by atoms with Crippen molar-refractivity contribution in [2.24, 2.45) is 5.10 Å². The number of nitrogens with one attached hydrogen (secondary N) is 1. The van der Waals surface area contributed by atoms with Crippen molar-refractivity contribution in [3.05, 3.63) is 69.7 Å². The summed E-state index contributed by atoms with van der Waals surface area (Å²) in [6, 6.07) is 9.84. The third-order valence-corrected chi connectivity index (χ3v) is 2.94. The van der Waals surface area contributed by atoms with E-state index < -0.39 is 17.5 Å². The Hall–Kier alpha value is -2.08. The molecule has 2 aromatic rings. The van der Waals surface area contributed by atoms with Gasteiger partial charge in [-0.2, -0.15) is 5.10 Å². The quantitative estimate of drug-likeness (QED) is 0.675. The number of carbonyl (C=O) groups is 1. The van der Waals surface area contributed by atoms with Crippen LogP contribution in [0.5, 0.6) is 0 Å². The molecule has 6 heteroatoms. The minimum atomic E-state index is -0.699. The van der Waals surface area contributed by atoms with Crippen molar-refractivity contribution in [1.29, 1.82) is 0 Å². The predicted molar refractivity (Wildman–Crippen MR) is 75.6 cm³/mol. The lowest BCUT2D eigenvalue weighted by atomic mass is 10.2. The Balaban J connectivity index is 2.09. The van der Waals surface area contributed by atoms with Crippen LogP contribution in [0.15, 0.2) is 52.0 Å². The van der Waals surface area contributed by atoms with Gasteiger partial charge in [0.15, 0.2) is 0 Å². The summed E-state index contributed by atoms with van der Waals surface area (Å²) < 4.78 is 27.4. The van der Waals surface area contributed by atoms with E-state index in [4.69, 9.17) is 0 Å². The van der Waals surface area contributed by atoms with Gasteiger partial charge in [0.25, 0.3) is 5.91 Å². The Morgan fingerprint density at radius 2 is 1.90 bits per heavy atom. The number of hydrogen-bond donors (Lipinski definition) is 1. The molecule has 2 rings (SSSR count). The SMILES string of the molecule is O=C(N/N=C\c1cc(Br)ccc1F)c1ccccc1F. The highest BCUT2D eigenvalue weighted by atomic mass is 79.9. The van der Waals surface area contributed by atoms with Crippen LogP contribution in [-0.2, 0) is 0 Å². The van der Waals surface area contributed by atoms with Crippen molar-refractivity contribution >= 4 is 28.1 Å². The molecular weight excluding hydrogens is 330 g/mol. The van der Waals surface area contributed by atoms with Gasteiger partial charge in [0.05, 0.1) is 11.8 Å². The fraction of sp³-hybridized carbons (Fsp3) is 0. The third kappa shape index (κ3) is 3.48. The number of benzene rings is 2. The fourth-order valence-corrected chi connectivity index (χ4v) is 1.86. The first-order valence-corrected chi connectivity index (χ1v) is 6.40. The van der Waals surface area contributed by atoms with Gasteiger partial charge in [-0.15, -0.1) is 0 Å². The first-order chi connectivity index (χ1) is 9.58. The number of halogens is 3. The van der Waals surface area contributed by atoms with Gasteiger partial charge >= 0.3 is 0 Å². The summed E-state index contributed by atoms with van der Waals surface area (Å²) in [7, 11) is 0. The summed E-state index contributed by atoms with van der Waals surface area (Å²) >= 11 is 3.20. The highest BCUT2D eigenvalue weighted by Gasteiger charge is 2.09. The van der Waals surface area contributed by atoms with E-state index in [0.29, 0.717) is 4.47 Å². The molecule has 0 atom stereocenters. The minimum absolute atomic E-state index is 0.126. The smallest absolute Gasteiger partial charge is 0.267 e. The minimum Gasteiger partial charge on any atom is -0.267 e. The van der Waals surface area contributed by atoms with Gasteiger partial charge in [0, 0.05) is 10.0 Å². The van der Waals surface area contributed by atoms with Gasteiger partial charge in [-0.3, -0.25) is 4.79 Å². The molecule has 0 saturated heterocycles. The maximum absolute atomic E-state index is 13.4. The molecule has 0 saturated carbocycles. The average Bonchev–Trinajstić information content (AvgIpc) is 2.43. The molecule has 0 aromatic heterocycles. The van der Waals surface area contributed by atoms with Gasteiger partial charge < -0.3 is 0 Å². The first kappa shape index (κ1) is 14.3. The second-order valence-electron chi connectivity index (χ2n) is 3.84. The molecule has 0 aliphatic carbocycles. The predicted octanol–water partition coefficient (Wildman–Crippen LogP) is 3.49. The standard InChI is InChI=1S/C14H9BrF2N2O/c15-10-5-6-12(16)9(7-10)8-18-19-14(20)11-3-1-2-4-13(11)17/h1-8H,(H,19,20)/b18-8-. The summed E-state index contributed by atoms with van der Waals surface area (Å²) in [6.07, 6.45) is 1.15. The molecule has 0 radical (unpaired) electrons. The molecule has 0 bridgehead atoms. The summed E-state index contributed by atoms with van der Waals surface area (Å²) in [5.41, 5.74) is 2.22. The Kier molecular flexibility index (Phi) is 4.57. The van der Waals surface area contributed by atoms with E-state index in [-0.39, 0.29) is 11.1 Å². The molecular formula is C14H9BrF2N2O. The number of amides is 1. The Morgan fingerprint density at radius 1 is 1.15 bits per heavy atom. The summed E-state index contributed by atoms with van der Waals surface area (Å²) in [5, 5.41) is 3.61. The highest BCUT2D eigenvalue weighted by molar-refractivity contribution is 9.10. The van der Waals surface area contributed by atoms with Gasteiger partial charge in [0.2, 0.25) is 0 Å². The van der Waals surface area contributed by atoms with Crippen LogP contribution in [0.3, 0.4) is 0 Å². The van der Waals surface area contributed by atoms with Crippen LogP contribution < -0.4 is 5.43 Å². The zero-order chi connectivity index (χ0) is 14.5. The molecule has 102 valence electrons. The molecule has 0 unspecified atom stereocenters. The number of hydrogen-bond acceptors (Lipinski definition) is 2. The second kappa shape index (κ2) is 6.38. The van der Waals surface area contributed by atoms with E-state index in [1.807, 2.05) is 0 Å². The monoisotopic (exact) mass is 338 g/mol. The van der Waals surface area contributed by atoms with Crippen molar-refractivity contribution in [3.8, 4) is 0 Å². The van der Waals surface area contributed by atoms with Crippen molar-refractivity contribution < 1.29 is 13.6 Å². The van der Waals surface area contributed by atoms with Crippen LogP contribution in [0.25, 0.3) is 0 Å². The van der Waals surface area contributed by atoms with Crippen LogP contribution >= 0.6 is 15.9 Å². The molecule has 0 spiro atoms. The average molecular weight is 339 g/mol. The van der Waals surface area contributed by atoms with E-state index in [1.165, 1.54) is 36.4 Å². The third-order valence-electron chi connectivity index (χ3n) is 2.45. The number of hydrazone groups is 1. The Morgan fingerprint density at radius 3 is 2.65 bits per heavy atom. The molecule has 0 aliphatic heterocycles. The maximum atomic E-state index is 13.4. The summed E-state index contributed by atoms with van der Waals surface area (Å²) in [6.45, 7) is 0. The molecule has 2 aromatic carbocycles. The molecule has 3 nitrogen and oxygen atoms in total. The van der Waals surface area contributed by atoms with Gasteiger partial charge in [-0.05, 0) is 30.3 Å². The van der Waals surface area contributed by atoms with E-state index in [1.54, 1.807) is 6.07 Å². The lowest BCUT2D eigenvalue weighted by Crippen LogP contribution is -2.19. The first-order valence-electron chi connectivity index (χ1n) is 5.61. The number of nitrogens with zero attached hydrogens (tertiary/aromatic N) is 1. The highest BCUT2D eigenvalue weighted by Crippen LogP contribution is 2.13. The summed E-state index contributed by atoms with van der Waals surface area (Å²) in [5.74, 6) is -1.82. The van der Waals surface area contributed by atoms with Crippen LogP contribution in [0.1, 0.15) is 15.9 Å². The van der Waals surface area contributed by atoms with Gasteiger partial charge in [-0.1, -0.05) is 28.1 Å². The van der Waals surface area contributed by atoms with E-state index in [9.17, 15) is 13.6 Å². The normalized spacial score (nSPS) is 10.8. The number of rotatable bonds is 3. The van der Waals surface area contributed by atoms with Crippen molar-refractivity contribution in [3.63, 3.8) is 0 Å². The molecule has 0 fully saturated rings. The molecule has 20 heavy (non-hydrogen) atoms. The largest absolute Gasteiger partial charge is 0.274 e. The Labute approximate surface area is 122 Å². The topological polar surface area (TPSA) is 41.5 Å². The zero-order valence-corrected chi connectivity index (χ0v) is 11.7. The van der Waals surface area contributed by atoms with Crippen LogP contribution in [-0.4, -0.2) is 12.1 Å². The lowest BCUT2D eigenvalue weighted by molar-refractivity contribution is 0.0951. The van der Waals surface area contributed by atoms with Crippen molar-refractivity contribution in [2.45, 2.75) is 0 Å². The molecule has 1 N–H and O–H groups in total. The van der Waals surface area contributed by atoms with Crippen molar-refractivity contribution in [1.82, 2.24) is 5.43 Å². The summed E-state index contributed by atoms with van der Waals surface area (Å²) in [4.78, 5) is 11.6. The number of carbonyl (C=O) groups excluding carboxylic acids is 1. The fourth-order valence-electron chi connectivity index (χ4n) is 1.48. The van der Waals surface area contributed by atoms with E-state index in [2.05, 4.69) is 26.5 Å². The zero-order valence-electron chi connectivity index (χ0n) is 10.1. The van der Waals surface area contributed by atoms with Crippen LogP contribution in [0.2, 0.25) is 0 Å². The van der Waals surface area contributed by atoms with Gasteiger partial charge in [0.1, 0.15) is 11.6 Å². The van der Waals surface area contributed by atoms with Crippen LogP contribution in [0, 0.1) is 11.6 Å². The van der Waals surface area contributed by atoms with Crippen molar-refractivity contribution in [2.75, 3.05) is 0 Å².